The number of carbonyl (C=O) groups excluding carboxylic acids is 3. The van der Waals surface area contributed by atoms with Crippen molar-refractivity contribution in [2.24, 2.45) is 0 Å². The maximum absolute atomic E-state index is 12.8. The standard InChI is InChI=1S/C22H23BrN2O7/c1-5-30-18-10-13(8-15(23)19(18)31-12(2)3)9-16-20(26)25(22(28)24-16)11-14-6-7-17(32-14)21(27)29-4/h6-10,12H,5,11H2,1-4H3,(H,24,28)/b16-9-. The number of imide groups is 1. The van der Waals surface area contributed by atoms with Crippen molar-refractivity contribution in [1.82, 2.24) is 10.2 Å². The molecule has 2 heterocycles. The fourth-order valence-electron chi connectivity index (χ4n) is 3.00. The summed E-state index contributed by atoms with van der Waals surface area (Å²) >= 11 is 3.48. The normalized spacial score (nSPS) is 14.8. The minimum absolute atomic E-state index is 0.0117. The number of ether oxygens (including phenoxy) is 3. The molecule has 1 fully saturated rings. The topological polar surface area (TPSA) is 107 Å². The lowest BCUT2D eigenvalue weighted by Crippen LogP contribution is -2.30. The van der Waals surface area contributed by atoms with Gasteiger partial charge in [0.05, 0.1) is 30.8 Å². The number of nitrogens with one attached hydrogen (secondary N) is 1. The number of halogens is 1. The van der Waals surface area contributed by atoms with Crippen molar-refractivity contribution < 1.29 is 33.0 Å². The van der Waals surface area contributed by atoms with E-state index in [4.69, 9.17) is 13.9 Å². The second kappa shape index (κ2) is 9.90. The van der Waals surface area contributed by atoms with Crippen LogP contribution >= 0.6 is 15.9 Å². The molecule has 10 heteroatoms. The molecule has 2 aromatic rings. The van der Waals surface area contributed by atoms with Gasteiger partial charge in [-0.15, -0.1) is 0 Å². The molecule has 9 nitrogen and oxygen atoms in total. The Morgan fingerprint density at radius 2 is 2.03 bits per heavy atom. The third kappa shape index (κ3) is 5.13. The first-order valence-corrected chi connectivity index (χ1v) is 10.7. The van der Waals surface area contributed by atoms with Gasteiger partial charge in [0.15, 0.2) is 11.5 Å². The molecule has 3 amide bonds. The van der Waals surface area contributed by atoms with Crippen LogP contribution in [0.3, 0.4) is 0 Å². The highest BCUT2D eigenvalue weighted by atomic mass is 79.9. The van der Waals surface area contributed by atoms with Gasteiger partial charge in [-0.25, -0.2) is 9.59 Å². The van der Waals surface area contributed by atoms with Crippen LogP contribution in [0.15, 0.2) is 38.9 Å². The number of benzene rings is 1. The SMILES string of the molecule is CCOc1cc(/C=C2\NC(=O)N(Cc3ccc(C(=O)OC)o3)C2=O)cc(Br)c1OC(C)C. The largest absolute Gasteiger partial charge is 0.490 e. The Hall–Kier alpha value is -3.27. The van der Waals surface area contributed by atoms with Crippen LogP contribution in [0.25, 0.3) is 6.08 Å². The monoisotopic (exact) mass is 506 g/mol. The quantitative estimate of drug-likeness (QED) is 0.326. The second-order valence-corrected chi connectivity index (χ2v) is 7.92. The summed E-state index contributed by atoms with van der Waals surface area (Å²) in [6.45, 7) is 5.98. The van der Waals surface area contributed by atoms with E-state index in [1.165, 1.54) is 19.2 Å². The summed E-state index contributed by atoms with van der Waals surface area (Å²) < 4.78 is 22.1. The average molecular weight is 507 g/mol. The predicted molar refractivity (Wildman–Crippen MR) is 118 cm³/mol. The lowest BCUT2D eigenvalue weighted by molar-refractivity contribution is -0.123. The molecule has 1 N–H and O–H groups in total. The lowest BCUT2D eigenvalue weighted by atomic mass is 10.1. The molecule has 0 saturated carbocycles. The number of hydrogen-bond donors (Lipinski definition) is 1. The Morgan fingerprint density at radius 1 is 1.28 bits per heavy atom. The molecule has 0 bridgehead atoms. The minimum atomic E-state index is -0.644. The Labute approximate surface area is 193 Å². The molecule has 0 atom stereocenters. The molecule has 0 aliphatic carbocycles. The summed E-state index contributed by atoms with van der Waals surface area (Å²) in [6, 6.07) is 5.83. The number of hydrogen-bond acceptors (Lipinski definition) is 7. The van der Waals surface area contributed by atoms with Gasteiger partial charge >= 0.3 is 12.0 Å². The van der Waals surface area contributed by atoms with Gasteiger partial charge < -0.3 is 23.9 Å². The van der Waals surface area contributed by atoms with Crippen molar-refractivity contribution >= 4 is 39.9 Å². The molecule has 0 radical (unpaired) electrons. The number of furan rings is 1. The Bertz CT molecular complexity index is 1070. The van der Waals surface area contributed by atoms with E-state index in [0.717, 1.165) is 4.90 Å². The van der Waals surface area contributed by atoms with E-state index in [1.54, 1.807) is 18.2 Å². The molecule has 32 heavy (non-hydrogen) atoms. The minimum Gasteiger partial charge on any atom is -0.490 e. The third-order valence-electron chi connectivity index (χ3n) is 4.32. The maximum atomic E-state index is 12.8. The molecule has 0 unspecified atom stereocenters. The van der Waals surface area contributed by atoms with Gasteiger partial charge in [-0.05, 0) is 72.6 Å². The Kier molecular flexibility index (Phi) is 7.24. The lowest BCUT2D eigenvalue weighted by Gasteiger charge is -2.17. The molecule has 3 rings (SSSR count). The third-order valence-corrected chi connectivity index (χ3v) is 4.91. The number of nitrogens with zero attached hydrogens (tertiary/aromatic N) is 1. The molecule has 0 spiro atoms. The van der Waals surface area contributed by atoms with Gasteiger partial charge in [0, 0.05) is 0 Å². The first kappa shape index (κ1) is 23.4. The van der Waals surface area contributed by atoms with Crippen molar-refractivity contribution in [2.75, 3.05) is 13.7 Å². The Balaban J connectivity index is 1.83. The summed E-state index contributed by atoms with van der Waals surface area (Å²) in [5, 5.41) is 2.56. The van der Waals surface area contributed by atoms with Crippen LogP contribution in [0.2, 0.25) is 0 Å². The van der Waals surface area contributed by atoms with E-state index in [9.17, 15) is 14.4 Å². The highest BCUT2D eigenvalue weighted by molar-refractivity contribution is 9.10. The highest BCUT2D eigenvalue weighted by Gasteiger charge is 2.34. The van der Waals surface area contributed by atoms with Crippen LogP contribution in [0.4, 0.5) is 4.79 Å². The van der Waals surface area contributed by atoms with Crippen molar-refractivity contribution in [2.45, 2.75) is 33.4 Å². The smallest absolute Gasteiger partial charge is 0.373 e. The molecule has 1 saturated heterocycles. The molecule has 1 aliphatic heterocycles. The Morgan fingerprint density at radius 3 is 2.69 bits per heavy atom. The molecule has 1 aromatic carbocycles. The number of methoxy groups -OCH3 is 1. The fraction of sp³-hybridized carbons (Fsp3) is 0.318. The van der Waals surface area contributed by atoms with Crippen LogP contribution in [0.5, 0.6) is 11.5 Å². The van der Waals surface area contributed by atoms with Crippen molar-refractivity contribution in [1.29, 1.82) is 0 Å². The van der Waals surface area contributed by atoms with E-state index in [2.05, 4.69) is 26.0 Å². The molecular formula is C22H23BrN2O7. The van der Waals surface area contributed by atoms with Gasteiger partial charge in [-0.1, -0.05) is 0 Å². The first-order chi connectivity index (χ1) is 15.2. The average Bonchev–Trinajstić information content (AvgIpc) is 3.30. The number of urea groups is 1. The van der Waals surface area contributed by atoms with Crippen LogP contribution in [-0.4, -0.2) is 42.6 Å². The van der Waals surface area contributed by atoms with E-state index >= 15 is 0 Å². The zero-order chi connectivity index (χ0) is 23.4. The van der Waals surface area contributed by atoms with Crippen molar-refractivity contribution in [3.8, 4) is 11.5 Å². The predicted octanol–water partition coefficient (Wildman–Crippen LogP) is 4.11. The summed E-state index contributed by atoms with van der Waals surface area (Å²) in [6.07, 6.45) is 1.49. The first-order valence-electron chi connectivity index (χ1n) is 9.88. The second-order valence-electron chi connectivity index (χ2n) is 7.07. The summed E-state index contributed by atoms with van der Waals surface area (Å²) in [5.74, 6) is 0.167. The van der Waals surface area contributed by atoms with Gasteiger partial charge in [0.2, 0.25) is 5.76 Å². The number of esters is 1. The van der Waals surface area contributed by atoms with E-state index in [0.29, 0.717) is 28.1 Å². The van der Waals surface area contributed by atoms with E-state index in [1.807, 2.05) is 20.8 Å². The van der Waals surface area contributed by atoms with Crippen LogP contribution in [0, 0.1) is 0 Å². The summed E-state index contributed by atoms with van der Waals surface area (Å²) in [7, 11) is 1.23. The van der Waals surface area contributed by atoms with Gasteiger partial charge in [0.1, 0.15) is 11.5 Å². The zero-order valence-electron chi connectivity index (χ0n) is 18.1. The number of carbonyl (C=O) groups is 3. The van der Waals surface area contributed by atoms with Crippen LogP contribution in [0.1, 0.15) is 42.6 Å². The fourth-order valence-corrected chi connectivity index (χ4v) is 3.55. The summed E-state index contributed by atoms with van der Waals surface area (Å²) in [4.78, 5) is 37.7. The summed E-state index contributed by atoms with van der Waals surface area (Å²) in [5.41, 5.74) is 0.731. The molecule has 170 valence electrons. The van der Waals surface area contributed by atoms with E-state index in [-0.39, 0.29) is 29.9 Å². The van der Waals surface area contributed by atoms with Crippen molar-refractivity contribution in [3.63, 3.8) is 0 Å². The van der Waals surface area contributed by atoms with Crippen LogP contribution in [-0.2, 0) is 16.1 Å². The number of amides is 3. The number of rotatable bonds is 8. The van der Waals surface area contributed by atoms with Crippen LogP contribution < -0.4 is 14.8 Å². The van der Waals surface area contributed by atoms with Gasteiger partial charge in [0.25, 0.3) is 5.91 Å². The van der Waals surface area contributed by atoms with E-state index < -0.39 is 17.9 Å². The van der Waals surface area contributed by atoms with Crippen molar-refractivity contribution in [3.05, 3.63) is 51.5 Å². The highest BCUT2D eigenvalue weighted by Crippen LogP contribution is 2.38. The molecule has 1 aromatic heterocycles. The zero-order valence-corrected chi connectivity index (χ0v) is 19.6. The molecular weight excluding hydrogens is 484 g/mol. The maximum Gasteiger partial charge on any atom is 0.373 e. The van der Waals surface area contributed by atoms with Gasteiger partial charge in [-0.2, -0.15) is 0 Å². The molecule has 1 aliphatic rings. The van der Waals surface area contributed by atoms with Gasteiger partial charge in [-0.3, -0.25) is 9.69 Å².